The number of aryl methyl sites for hydroxylation is 1. The lowest BCUT2D eigenvalue weighted by Crippen LogP contribution is -2.24. The topological polar surface area (TPSA) is 31.4 Å². The number of pyridine rings is 1. The van der Waals surface area contributed by atoms with Gasteiger partial charge < -0.3 is 10.2 Å². The number of hydrogen-bond acceptors (Lipinski definition) is 4. The van der Waals surface area contributed by atoms with Crippen molar-refractivity contribution >= 4 is 17.5 Å². The van der Waals surface area contributed by atoms with Crippen LogP contribution in [0.15, 0.2) is 48.0 Å². The van der Waals surface area contributed by atoms with Gasteiger partial charge in [0.1, 0.15) is 5.70 Å². The van der Waals surface area contributed by atoms with Gasteiger partial charge in [0.2, 0.25) is 0 Å². The minimum atomic E-state index is 0.849. The van der Waals surface area contributed by atoms with Gasteiger partial charge in [-0.2, -0.15) is 0 Å². The third-order valence-electron chi connectivity index (χ3n) is 4.92. The van der Waals surface area contributed by atoms with E-state index in [0.717, 1.165) is 43.3 Å². The Labute approximate surface area is 182 Å². The molecule has 0 fully saturated rings. The Hall–Kier alpha value is -2.99. The summed E-state index contributed by atoms with van der Waals surface area (Å²) in [7, 11) is 0. The molecule has 0 spiro atoms. The fraction of sp³-hybridized carbons (Fsp3) is 0.385. The molecule has 158 valence electrons. The van der Waals surface area contributed by atoms with Crippen LogP contribution in [0.3, 0.4) is 0 Å². The van der Waals surface area contributed by atoms with E-state index >= 15 is 0 Å². The van der Waals surface area contributed by atoms with Gasteiger partial charge in [-0.1, -0.05) is 39.5 Å². The van der Waals surface area contributed by atoms with Crippen LogP contribution in [-0.2, 0) is 6.54 Å². The normalized spacial score (nSPS) is 11.7. The molecule has 1 aliphatic heterocycles. The van der Waals surface area contributed by atoms with Crippen molar-refractivity contribution < 1.29 is 0 Å². The summed E-state index contributed by atoms with van der Waals surface area (Å²) in [5.74, 6) is 3.21. The lowest BCUT2D eigenvalue weighted by Gasteiger charge is -2.27. The summed E-state index contributed by atoms with van der Waals surface area (Å²) in [6, 6.07) is 13.6. The smallest absolute Gasteiger partial charge is 0.138 e. The van der Waals surface area contributed by atoms with Crippen molar-refractivity contribution in [3.05, 3.63) is 64.8 Å². The molecule has 0 amide bonds. The molecular formula is C26H34N4. The number of nitrogens with one attached hydrogen (secondary N) is 1. The van der Waals surface area contributed by atoms with Crippen LogP contribution in [0.1, 0.15) is 51.4 Å². The van der Waals surface area contributed by atoms with Gasteiger partial charge in [0.05, 0.1) is 5.69 Å². The largest absolute Gasteiger partial charge is 0.328 e. The van der Waals surface area contributed by atoms with Crippen molar-refractivity contribution in [1.29, 1.82) is 0 Å². The van der Waals surface area contributed by atoms with Crippen LogP contribution in [0.25, 0.3) is 6.08 Å². The number of nitrogens with zero attached hydrogens (tertiary/aromatic N) is 3. The van der Waals surface area contributed by atoms with Crippen molar-refractivity contribution in [2.45, 2.75) is 48.1 Å². The maximum absolute atomic E-state index is 4.20. The highest BCUT2D eigenvalue weighted by Gasteiger charge is 2.16. The Kier molecular flexibility index (Phi) is 9.22. The lowest BCUT2D eigenvalue weighted by atomic mass is 10.0. The molecule has 1 aromatic carbocycles. The minimum Gasteiger partial charge on any atom is -0.328 e. The van der Waals surface area contributed by atoms with Crippen molar-refractivity contribution in [2.75, 3.05) is 29.9 Å². The fourth-order valence-corrected chi connectivity index (χ4v) is 3.33. The quantitative estimate of drug-likeness (QED) is 0.383. The zero-order chi connectivity index (χ0) is 21.9. The summed E-state index contributed by atoms with van der Waals surface area (Å²) in [6.45, 7) is 16.5. The maximum atomic E-state index is 4.20. The Morgan fingerprint density at radius 1 is 1.10 bits per heavy atom. The summed E-state index contributed by atoms with van der Waals surface area (Å²) < 4.78 is 0. The van der Waals surface area contributed by atoms with E-state index in [4.69, 9.17) is 0 Å². The summed E-state index contributed by atoms with van der Waals surface area (Å²) >= 11 is 0. The van der Waals surface area contributed by atoms with Crippen molar-refractivity contribution in [3.63, 3.8) is 0 Å². The molecule has 0 saturated heterocycles. The molecule has 4 nitrogen and oxygen atoms in total. The van der Waals surface area contributed by atoms with Gasteiger partial charge in [0, 0.05) is 42.3 Å². The Morgan fingerprint density at radius 3 is 2.53 bits per heavy atom. The summed E-state index contributed by atoms with van der Waals surface area (Å²) in [5, 5.41) is 3.14. The molecule has 0 atom stereocenters. The molecular weight excluding hydrogens is 368 g/mol. The fourth-order valence-electron chi connectivity index (χ4n) is 3.33. The molecule has 2 heterocycles. The van der Waals surface area contributed by atoms with Crippen molar-refractivity contribution in [1.82, 2.24) is 9.88 Å². The van der Waals surface area contributed by atoms with Gasteiger partial charge in [0.25, 0.3) is 0 Å². The monoisotopic (exact) mass is 402 g/mol. The molecule has 0 aliphatic carbocycles. The first-order valence-corrected chi connectivity index (χ1v) is 10.9. The molecule has 30 heavy (non-hydrogen) atoms. The Balaban J connectivity index is 0.00000155. The number of rotatable bonds is 6. The first kappa shape index (κ1) is 23.3. The first-order valence-electron chi connectivity index (χ1n) is 10.9. The second-order valence-electron chi connectivity index (χ2n) is 6.80. The average Bonchev–Trinajstić information content (AvgIpc) is 2.78. The summed E-state index contributed by atoms with van der Waals surface area (Å²) in [5.41, 5.74) is 9.88. The number of allylic oxidation sites excluding steroid dienone is 1. The van der Waals surface area contributed by atoms with Gasteiger partial charge in [-0.25, -0.2) is 0 Å². The van der Waals surface area contributed by atoms with Crippen LogP contribution < -0.4 is 10.2 Å². The van der Waals surface area contributed by atoms with Crippen LogP contribution in [-0.4, -0.2) is 29.5 Å². The van der Waals surface area contributed by atoms with Crippen LogP contribution in [0.4, 0.5) is 11.4 Å². The molecule has 0 saturated carbocycles. The van der Waals surface area contributed by atoms with Gasteiger partial charge >= 0.3 is 0 Å². The Bertz CT molecular complexity index is 954. The minimum absolute atomic E-state index is 0.849. The number of aromatic nitrogens is 1. The number of fused-ring (bicyclic) bond motifs is 1. The second kappa shape index (κ2) is 11.9. The molecule has 1 N–H and O–H groups in total. The van der Waals surface area contributed by atoms with E-state index in [1.54, 1.807) is 6.20 Å². The van der Waals surface area contributed by atoms with E-state index in [0.29, 0.717) is 0 Å². The van der Waals surface area contributed by atoms with Crippen molar-refractivity contribution in [3.8, 4) is 12.0 Å². The highest BCUT2D eigenvalue weighted by Crippen LogP contribution is 2.29. The first-order chi connectivity index (χ1) is 14.6. The van der Waals surface area contributed by atoms with Crippen LogP contribution in [0, 0.1) is 18.9 Å². The zero-order valence-corrected chi connectivity index (χ0v) is 19.2. The molecule has 0 radical (unpaired) electrons. The second-order valence-corrected chi connectivity index (χ2v) is 6.80. The predicted molar refractivity (Wildman–Crippen MR) is 129 cm³/mol. The van der Waals surface area contributed by atoms with E-state index in [1.807, 2.05) is 39.0 Å². The zero-order valence-electron chi connectivity index (χ0n) is 19.2. The number of hydrogen-bond donors (Lipinski definition) is 1. The number of benzene rings is 1. The van der Waals surface area contributed by atoms with E-state index in [1.165, 1.54) is 16.8 Å². The van der Waals surface area contributed by atoms with E-state index in [2.05, 4.69) is 76.8 Å². The molecule has 0 unspecified atom stereocenters. The van der Waals surface area contributed by atoms with E-state index in [9.17, 15) is 0 Å². The van der Waals surface area contributed by atoms with Crippen LogP contribution in [0.5, 0.6) is 0 Å². The molecule has 4 heteroatoms. The molecule has 1 aliphatic rings. The van der Waals surface area contributed by atoms with Gasteiger partial charge in [-0.15, -0.1) is 0 Å². The van der Waals surface area contributed by atoms with E-state index in [-0.39, 0.29) is 0 Å². The van der Waals surface area contributed by atoms with Crippen molar-refractivity contribution in [2.24, 2.45) is 0 Å². The standard InChI is InChI=1S/C24H28N4.C2H6/c1-5-27(6-2)18-20-8-11-24-21(17-20)9-10-23(28(24)7-3)13-15-26-22-12-14-25-19(4)16-22;1-2/h8-9,11-12,14,16-17H,5-7,18H2,1-4H3,(H,25,26);1-2H3. The highest BCUT2D eigenvalue weighted by atomic mass is 15.1. The van der Waals surface area contributed by atoms with E-state index < -0.39 is 0 Å². The summed E-state index contributed by atoms with van der Waals surface area (Å²) in [6.07, 6.45) is 3.83. The average molecular weight is 403 g/mol. The predicted octanol–water partition coefficient (Wildman–Crippen LogP) is 5.67. The molecule has 3 rings (SSSR count). The van der Waals surface area contributed by atoms with Gasteiger partial charge in [0.15, 0.2) is 0 Å². The van der Waals surface area contributed by atoms with Crippen LogP contribution >= 0.6 is 0 Å². The highest BCUT2D eigenvalue weighted by molar-refractivity contribution is 5.76. The Morgan fingerprint density at radius 2 is 1.87 bits per heavy atom. The molecule has 1 aromatic heterocycles. The third-order valence-corrected chi connectivity index (χ3v) is 4.92. The SMILES string of the molecule is CC.CCN(CC)Cc1ccc2c(c1)C=C=C(C#CNc1ccnc(C)c1)N2CC. The third kappa shape index (κ3) is 6.00. The molecule has 0 bridgehead atoms. The van der Waals surface area contributed by atoms with Gasteiger partial charge in [-0.05, 0) is 68.8 Å². The molecule has 2 aromatic rings. The lowest BCUT2D eigenvalue weighted by molar-refractivity contribution is 0.296. The maximum Gasteiger partial charge on any atom is 0.138 e. The van der Waals surface area contributed by atoms with Gasteiger partial charge in [-0.3, -0.25) is 9.88 Å². The van der Waals surface area contributed by atoms with Crippen LogP contribution in [0.2, 0.25) is 0 Å². The number of anilines is 2. The summed E-state index contributed by atoms with van der Waals surface area (Å²) in [4.78, 5) is 8.83.